The molecule has 2 rings (SSSR count). The second-order valence-corrected chi connectivity index (χ2v) is 8.63. The molecule has 0 aliphatic carbocycles. The van der Waals surface area contributed by atoms with Gasteiger partial charge in [-0.3, -0.25) is 4.79 Å². The quantitative estimate of drug-likeness (QED) is 0.539. The normalized spacial score (nSPS) is 11.9. The number of H-pyrrole nitrogens is 1. The minimum Gasteiger partial charge on any atom is -0.491 e. The van der Waals surface area contributed by atoms with Crippen molar-refractivity contribution in [2.45, 2.75) is 38.1 Å². The Balaban J connectivity index is 2.20. The van der Waals surface area contributed by atoms with E-state index < -0.39 is 32.3 Å². The van der Waals surface area contributed by atoms with E-state index >= 15 is 0 Å². The molecule has 0 aliphatic heterocycles. The van der Waals surface area contributed by atoms with Crippen molar-refractivity contribution >= 4 is 27.5 Å². The molecule has 0 aliphatic rings. The molecular weight excluding hydrogens is 421 g/mol. The van der Waals surface area contributed by atoms with Gasteiger partial charge in [0.15, 0.2) is 5.03 Å². The van der Waals surface area contributed by atoms with E-state index in [0.29, 0.717) is 6.61 Å². The average Bonchev–Trinajstić information content (AvgIpc) is 3.23. The highest BCUT2D eigenvalue weighted by atomic mass is 35.5. The number of aromatic amines is 1. The number of benzene rings is 1. The van der Waals surface area contributed by atoms with Crippen molar-refractivity contribution in [3.8, 4) is 5.75 Å². The molecule has 0 atom stereocenters. The molecule has 7 nitrogen and oxygen atoms in total. The van der Waals surface area contributed by atoms with Gasteiger partial charge in [-0.15, -0.1) is 6.58 Å². The third-order valence-electron chi connectivity index (χ3n) is 4.85. The van der Waals surface area contributed by atoms with Gasteiger partial charge in [0.1, 0.15) is 11.6 Å². The van der Waals surface area contributed by atoms with Crippen molar-refractivity contribution < 1.29 is 22.3 Å². The number of nitrogens with zero attached hydrogens (tertiary/aromatic N) is 1. The van der Waals surface area contributed by atoms with Crippen molar-refractivity contribution in [1.29, 1.82) is 0 Å². The standard InChI is InChI=1S/C19H23ClFN3O4S/c1-4-7-19(5-2,6-3)11-28-16-9-15(21)13(8-14(16)20)18(25)24-29(26,27)17-10-22-12-23-17/h4,8-10,12H,1,5-7,11H2,2-3H3,(H,22,23)(H,24,25). The average molecular weight is 444 g/mol. The lowest BCUT2D eigenvalue weighted by molar-refractivity contribution is 0.0977. The number of ether oxygens (including phenoxy) is 1. The molecular formula is C19H23ClFN3O4S. The Bertz CT molecular complexity index is 974. The highest BCUT2D eigenvalue weighted by Gasteiger charge is 2.27. The summed E-state index contributed by atoms with van der Waals surface area (Å²) in [6.07, 6.45) is 6.44. The van der Waals surface area contributed by atoms with Crippen molar-refractivity contribution in [3.05, 3.63) is 53.7 Å². The van der Waals surface area contributed by atoms with Crippen LogP contribution in [0.5, 0.6) is 5.75 Å². The van der Waals surface area contributed by atoms with Gasteiger partial charge in [0.25, 0.3) is 15.9 Å². The molecule has 0 unspecified atom stereocenters. The number of imidazole rings is 1. The lowest BCUT2D eigenvalue weighted by Crippen LogP contribution is -2.31. The van der Waals surface area contributed by atoms with Crippen molar-refractivity contribution in [3.63, 3.8) is 0 Å². The number of sulfonamides is 1. The summed E-state index contributed by atoms with van der Waals surface area (Å²) >= 11 is 6.15. The molecule has 0 radical (unpaired) electrons. The number of amides is 1. The smallest absolute Gasteiger partial charge is 0.283 e. The molecule has 2 aromatic rings. The monoisotopic (exact) mass is 443 g/mol. The van der Waals surface area contributed by atoms with E-state index in [2.05, 4.69) is 16.5 Å². The zero-order valence-corrected chi connectivity index (χ0v) is 17.7. The predicted molar refractivity (Wildman–Crippen MR) is 108 cm³/mol. The Labute approximate surface area is 174 Å². The molecule has 10 heteroatoms. The summed E-state index contributed by atoms with van der Waals surface area (Å²) in [4.78, 5) is 18.3. The minimum atomic E-state index is -4.24. The van der Waals surface area contributed by atoms with Crippen molar-refractivity contribution in [2.24, 2.45) is 5.41 Å². The van der Waals surface area contributed by atoms with Crippen molar-refractivity contribution in [2.75, 3.05) is 6.61 Å². The summed E-state index contributed by atoms with van der Waals surface area (Å²) in [7, 11) is -4.24. The van der Waals surface area contributed by atoms with Gasteiger partial charge in [0.05, 0.1) is 23.5 Å². The molecule has 1 aromatic heterocycles. The number of halogens is 2. The number of hydrogen-bond acceptors (Lipinski definition) is 5. The fourth-order valence-corrected chi connectivity index (χ4v) is 3.87. The van der Waals surface area contributed by atoms with Crippen LogP contribution < -0.4 is 9.46 Å². The van der Waals surface area contributed by atoms with Gasteiger partial charge in [-0.05, 0) is 25.3 Å². The van der Waals surface area contributed by atoms with E-state index in [4.69, 9.17) is 16.3 Å². The predicted octanol–water partition coefficient (Wildman–Crippen LogP) is 4.08. The largest absolute Gasteiger partial charge is 0.491 e. The van der Waals surface area contributed by atoms with Crippen LogP contribution in [0.2, 0.25) is 5.02 Å². The summed E-state index contributed by atoms with van der Waals surface area (Å²) in [6, 6.07) is 2.01. The maximum Gasteiger partial charge on any atom is 0.283 e. The van der Waals surface area contributed by atoms with Crippen LogP contribution in [-0.4, -0.2) is 30.9 Å². The topological polar surface area (TPSA) is 101 Å². The van der Waals surface area contributed by atoms with E-state index in [1.165, 1.54) is 0 Å². The van der Waals surface area contributed by atoms with Crippen LogP contribution in [0, 0.1) is 11.2 Å². The van der Waals surface area contributed by atoms with E-state index in [9.17, 15) is 17.6 Å². The second kappa shape index (κ2) is 9.41. The van der Waals surface area contributed by atoms with Crippen molar-refractivity contribution in [1.82, 2.24) is 14.7 Å². The van der Waals surface area contributed by atoms with Gasteiger partial charge in [-0.1, -0.05) is 31.5 Å². The first-order valence-corrected chi connectivity index (χ1v) is 10.8. The van der Waals surface area contributed by atoms with Gasteiger partial charge in [0.2, 0.25) is 0 Å². The Hall–Kier alpha value is -2.39. The summed E-state index contributed by atoms with van der Waals surface area (Å²) in [5.41, 5.74) is -0.681. The highest BCUT2D eigenvalue weighted by molar-refractivity contribution is 7.90. The molecule has 0 saturated carbocycles. The summed E-state index contributed by atoms with van der Waals surface area (Å²) < 4.78 is 46.1. The van der Waals surface area contributed by atoms with E-state index in [1.54, 1.807) is 4.72 Å². The number of carbonyl (C=O) groups excluding carboxylic acids is 1. The zero-order valence-electron chi connectivity index (χ0n) is 16.2. The molecule has 1 amide bonds. The van der Waals surface area contributed by atoms with Gasteiger partial charge < -0.3 is 9.72 Å². The Kier molecular flexibility index (Phi) is 7.43. The van der Waals surface area contributed by atoms with Crippen LogP contribution in [0.4, 0.5) is 4.39 Å². The fourth-order valence-electron chi connectivity index (χ4n) is 2.77. The molecule has 0 spiro atoms. The second-order valence-electron chi connectivity index (χ2n) is 6.59. The minimum absolute atomic E-state index is 0.00609. The maximum absolute atomic E-state index is 14.5. The summed E-state index contributed by atoms with van der Waals surface area (Å²) in [5.74, 6) is -2.05. The van der Waals surface area contributed by atoms with Crippen LogP contribution in [-0.2, 0) is 10.0 Å². The summed E-state index contributed by atoms with van der Waals surface area (Å²) in [5, 5.41) is -0.400. The highest BCUT2D eigenvalue weighted by Crippen LogP contribution is 2.34. The lowest BCUT2D eigenvalue weighted by Gasteiger charge is -2.30. The maximum atomic E-state index is 14.5. The molecule has 1 aromatic carbocycles. The van der Waals surface area contributed by atoms with Crippen LogP contribution >= 0.6 is 11.6 Å². The first-order valence-electron chi connectivity index (χ1n) is 8.96. The Morgan fingerprint density at radius 1 is 1.41 bits per heavy atom. The third kappa shape index (κ3) is 5.36. The van der Waals surface area contributed by atoms with E-state index in [0.717, 1.165) is 43.9 Å². The molecule has 0 fully saturated rings. The number of allylic oxidation sites excluding steroid dienone is 1. The van der Waals surface area contributed by atoms with Gasteiger partial charge in [-0.25, -0.2) is 14.1 Å². The Morgan fingerprint density at radius 2 is 2.10 bits per heavy atom. The number of carbonyl (C=O) groups is 1. The van der Waals surface area contributed by atoms with E-state index in [1.807, 2.05) is 19.9 Å². The molecule has 0 bridgehead atoms. The van der Waals surface area contributed by atoms with Crippen LogP contribution in [0.1, 0.15) is 43.5 Å². The number of rotatable bonds is 10. The molecule has 1 heterocycles. The first kappa shape index (κ1) is 22.9. The summed E-state index contributed by atoms with van der Waals surface area (Å²) in [6.45, 7) is 8.13. The molecule has 158 valence electrons. The number of hydrogen-bond donors (Lipinski definition) is 2. The van der Waals surface area contributed by atoms with Gasteiger partial charge in [0, 0.05) is 17.7 Å². The lowest BCUT2D eigenvalue weighted by atomic mass is 9.80. The van der Waals surface area contributed by atoms with Gasteiger partial charge >= 0.3 is 0 Å². The van der Waals surface area contributed by atoms with Crippen LogP contribution in [0.25, 0.3) is 0 Å². The van der Waals surface area contributed by atoms with E-state index in [-0.39, 0.29) is 16.2 Å². The molecule has 2 N–H and O–H groups in total. The number of nitrogens with one attached hydrogen (secondary N) is 2. The SMILES string of the molecule is C=CCC(CC)(CC)COc1cc(F)c(C(=O)NS(=O)(=O)c2c[nH]cn2)cc1Cl. The fraction of sp³-hybridized carbons (Fsp3) is 0.368. The zero-order chi connectivity index (χ0) is 21.7. The van der Waals surface area contributed by atoms with Gasteiger partial charge in [-0.2, -0.15) is 8.42 Å². The molecule has 29 heavy (non-hydrogen) atoms. The van der Waals surface area contributed by atoms with Crippen LogP contribution in [0.3, 0.4) is 0 Å². The Morgan fingerprint density at radius 3 is 2.66 bits per heavy atom. The van der Waals surface area contributed by atoms with Crippen LogP contribution in [0.15, 0.2) is 42.3 Å². The number of aromatic nitrogens is 2. The third-order valence-corrected chi connectivity index (χ3v) is 6.38. The molecule has 0 saturated heterocycles. The first-order chi connectivity index (χ1) is 13.7.